The first-order valence-electron chi connectivity index (χ1n) is 7.87. The molecule has 0 aliphatic carbocycles. The molecule has 0 unspecified atom stereocenters. The van der Waals surface area contributed by atoms with Gasteiger partial charge in [0.25, 0.3) is 17.4 Å². The number of primary amides is 2. The Morgan fingerprint density at radius 3 is 2.70 bits per heavy atom. The summed E-state index contributed by atoms with van der Waals surface area (Å²) >= 11 is 0. The van der Waals surface area contributed by atoms with Gasteiger partial charge in [-0.1, -0.05) is 5.21 Å². The highest BCUT2D eigenvalue weighted by molar-refractivity contribution is 6.03. The number of aromatic nitrogens is 5. The SMILES string of the molecule is Cc1cn([C@H]2C[C@H](O)[C@@H](Cn3nnc(C(N)=O)c3C(N)=O)O2)c(=O)[nH]c1=O. The lowest BCUT2D eigenvalue weighted by Gasteiger charge is -2.16. The number of carbonyl (C=O) groups is 2. The summed E-state index contributed by atoms with van der Waals surface area (Å²) in [5.74, 6) is -1.94. The van der Waals surface area contributed by atoms with E-state index in [0.717, 1.165) is 9.25 Å². The number of aliphatic hydroxyl groups is 1. The Morgan fingerprint density at radius 2 is 2.07 bits per heavy atom. The van der Waals surface area contributed by atoms with Crippen LogP contribution in [0.25, 0.3) is 0 Å². The smallest absolute Gasteiger partial charge is 0.330 e. The molecule has 2 aromatic rings. The molecule has 0 spiro atoms. The molecule has 0 radical (unpaired) electrons. The van der Waals surface area contributed by atoms with E-state index < -0.39 is 41.5 Å². The van der Waals surface area contributed by atoms with Crippen molar-refractivity contribution in [3.63, 3.8) is 0 Å². The Kier molecular flexibility index (Phi) is 4.63. The van der Waals surface area contributed by atoms with Crippen LogP contribution in [0, 0.1) is 6.92 Å². The summed E-state index contributed by atoms with van der Waals surface area (Å²) in [5, 5.41) is 17.4. The molecule has 3 heterocycles. The molecule has 1 aliphatic rings. The molecule has 0 aromatic carbocycles. The van der Waals surface area contributed by atoms with Crippen LogP contribution in [0.2, 0.25) is 0 Å². The average molecular weight is 379 g/mol. The van der Waals surface area contributed by atoms with E-state index in [0.29, 0.717) is 5.56 Å². The zero-order chi connectivity index (χ0) is 19.9. The van der Waals surface area contributed by atoms with E-state index >= 15 is 0 Å². The number of carbonyl (C=O) groups excluding carboxylic acids is 2. The van der Waals surface area contributed by atoms with E-state index in [1.54, 1.807) is 0 Å². The number of hydrogen-bond donors (Lipinski definition) is 4. The Bertz CT molecular complexity index is 1020. The monoisotopic (exact) mass is 379 g/mol. The van der Waals surface area contributed by atoms with Gasteiger partial charge in [-0.2, -0.15) is 0 Å². The van der Waals surface area contributed by atoms with E-state index in [9.17, 15) is 24.3 Å². The molecule has 1 aliphatic heterocycles. The van der Waals surface area contributed by atoms with E-state index in [2.05, 4.69) is 15.3 Å². The van der Waals surface area contributed by atoms with E-state index in [1.807, 2.05) is 0 Å². The van der Waals surface area contributed by atoms with Gasteiger partial charge >= 0.3 is 5.69 Å². The zero-order valence-electron chi connectivity index (χ0n) is 14.2. The maximum absolute atomic E-state index is 12.0. The largest absolute Gasteiger partial charge is 0.390 e. The Morgan fingerprint density at radius 1 is 1.37 bits per heavy atom. The van der Waals surface area contributed by atoms with Crippen molar-refractivity contribution < 1.29 is 19.4 Å². The van der Waals surface area contributed by atoms with Crippen molar-refractivity contribution >= 4 is 11.8 Å². The molecule has 2 aromatic heterocycles. The summed E-state index contributed by atoms with van der Waals surface area (Å²) in [6.07, 6.45) is -1.36. The van der Waals surface area contributed by atoms with Crippen LogP contribution < -0.4 is 22.7 Å². The normalized spacial score (nSPS) is 22.1. The van der Waals surface area contributed by atoms with Gasteiger partial charge in [0.05, 0.1) is 12.6 Å². The first-order valence-corrected chi connectivity index (χ1v) is 7.87. The molecule has 0 bridgehead atoms. The lowest BCUT2D eigenvalue weighted by molar-refractivity contribution is -0.0304. The van der Waals surface area contributed by atoms with E-state index in [-0.39, 0.29) is 24.4 Å². The van der Waals surface area contributed by atoms with Crippen LogP contribution in [0.1, 0.15) is 39.2 Å². The van der Waals surface area contributed by atoms with Crippen molar-refractivity contribution in [3.8, 4) is 0 Å². The second kappa shape index (κ2) is 6.77. The summed E-state index contributed by atoms with van der Waals surface area (Å²) in [6.45, 7) is 1.37. The van der Waals surface area contributed by atoms with Crippen molar-refractivity contribution in [2.75, 3.05) is 0 Å². The number of nitrogens with zero attached hydrogens (tertiary/aromatic N) is 4. The quantitative estimate of drug-likeness (QED) is 0.420. The van der Waals surface area contributed by atoms with Gasteiger partial charge in [0.1, 0.15) is 12.3 Å². The van der Waals surface area contributed by atoms with Crippen molar-refractivity contribution in [1.82, 2.24) is 24.5 Å². The molecule has 13 nitrogen and oxygen atoms in total. The van der Waals surface area contributed by atoms with Gasteiger partial charge < -0.3 is 21.3 Å². The number of aromatic amines is 1. The summed E-state index contributed by atoms with van der Waals surface area (Å²) < 4.78 is 7.85. The topological polar surface area (TPSA) is 201 Å². The number of hydrogen-bond acceptors (Lipinski definition) is 8. The number of H-pyrrole nitrogens is 1. The zero-order valence-corrected chi connectivity index (χ0v) is 14.2. The van der Waals surface area contributed by atoms with Crippen LogP contribution in [0.15, 0.2) is 15.8 Å². The van der Waals surface area contributed by atoms with E-state index in [1.165, 1.54) is 13.1 Å². The highest BCUT2D eigenvalue weighted by atomic mass is 16.5. The Balaban J connectivity index is 1.86. The van der Waals surface area contributed by atoms with Gasteiger partial charge in [0.2, 0.25) is 0 Å². The summed E-state index contributed by atoms with van der Waals surface area (Å²) in [6, 6.07) is 0. The summed E-state index contributed by atoms with van der Waals surface area (Å²) in [4.78, 5) is 48.5. The third-order valence-electron chi connectivity index (χ3n) is 4.22. The fraction of sp³-hybridized carbons (Fsp3) is 0.429. The lowest BCUT2D eigenvalue weighted by atomic mass is 10.1. The number of aliphatic hydroxyl groups excluding tert-OH is 1. The predicted octanol–water partition coefficient (Wildman–Crippen LogP) is -3.02. The molecule has 144 valence electrons. The molecule has 1 saturated heterocycles. The van der Waals surface area contributed by atoms with Crippen LogP contribution in [0.4, 0.5) is 0 Å². The summed E-state index contributed by atoms with van der Waals surface area (Å²) in [5.41, 5.74) is 8.78. The first kappa shape index (κ1) is 18.5. The molecule has 0 saturated carbocycles. The number of aryl methyl sites for hydroxylation is 1. The van der Waals surface area contributed by atoms with Crippen LogP contribution in [-0.4, -0.2) is 53.7 Å². The fourth-order valence-corrected chi connectivity index (χ4v) is 2.87. The molecule has 13 heteroatoms. The number of ether oxygens (including phenoxy) is 1. The Hall–Kier alpha value is -3.32. The van der Waals surface area contributed by atoms with Crippen molar-refractivity contribution in [2.24, 2.45) is 11.5 Å². The third kappa shape index (κ3) is 3.37. The highest BCUT2D eigenvalue weighted by Crippen LogP contribution is 2.28. The summed E-state index contributed by atoms with van der Waals surface area (Å²) in [7, 11) is 0. The number of amides is 2. The predicted molar refractivity (Wildman–Crippen MR) is 87.7 cm³/mol. The number of nitrogens with one attached hydrogen (secondary N) is 1. The van der Waals surface area contributed by atoms with Crippen LogP contribution in [0.3, 0.4) is 0 Å². The lowest BCUT2D eigenvalue weighted by Crippen LogP contribution is -2.33. The van der Waals surface area contributed by atoms with Gasteiger partial charge in [-0.3, -0.25) is 23.9 Å². The number of nitrogens with two attached hydrogens (primary N) is 2. The molecule has 2 amide bonds. The maximum Gasteiger partial charge on any atom is 0.330 e. The minimum Gasteiger partial charge on any atom is -0.390 e. The molecular weight excluding hydrogens is 362 g/mol. The second-order valence-corrected chi connectivity index (χ2v) is 6.11. The van der Waals surface area contributed by atoms with Crippen molar-refractivity contribution in [1.29, 1.82) is 0 Å². The first-order chi connectivity index (χ1) is 12.7. The standard InChI is InChI=1S/C14H17N7O6/c1-5-3-20(14(26)17-13(5)25)8-2-6(22)7(27-8)4-21-10(12(16)24)9(11(15)23)18-19-21/h3,6-8,22H,2,4H2,1H3,(H2,15,23)(H2,16,24)(H,17,25,26)/t6-,7+,8+/m0/s1. The van der Waals surface area contributed by atoms with Crippen LogP contribution in [-0.2, 0) is 11.3 Å². The average Bonchev–Trinajstić information content (AvgIpc) is 3.15. The minimum atomic E-state index is -1.02. The van der Waals surface area contributed by atoms with Gasteiger partial charge in [-0.05, 0) is 6.92 Å². The fourth-order valence-electron chi connectivity index (χ4n) is 2.87. The Labute approximate surface area is 150 Å². The molecule has 3 rings (SSSR count). The van der Waals surface area contributed by atoms with Gasteiger partial charge in [0, 0.05) is 18.2 Å². The molecule has 27 heavy (non-hydrogen) atoms. The van der Waals surface area contributed by atoms with Gasteiger partial charge in [-0.25, -0.2) is 9.48 Å². The molecule has 1 fully saturated rings. The second-order valence-electron chi connectivity index (χ2n) is 6.11. The van der Waals surface area contributed by atoms with Crippen molar-refractivity contribution in [3.05, 3.63) is 44.0 Å². The molecular formula is C14H17N7O6. The number of rotatable bonds is 5. The van der Waals surface area contributed by atoms with Gasteiger partial charge in [-0.15, -0.1) is 5.10 Å². The van der Waals surface area contributed by atoms with Gasteiger partial charge in [0.15, 0.2) is 11.4 Å². The molecule has 6 N–H and O–H groups in total. The maximum atomic E-state index is 12.0. The minimum absolute atomic E-state index is 0.0549. The van der Waals surface area contributed by atoms with E-state index in [4.69, 9.17) is 16.2 Å². The van der Waals surface area contributed by atoms with Crippen molar-refractivity contribution in [2.45, 2.75) is 38.3 Å². The highest BCUT2D eigenvalue weighted by Gasteiger charge is 2.37. The third-order valence-corrected chi connectivity index (χ3v) is 4.22. The molecule has 3 atom stereocenters. The van der Waals surface area contributed by atoms with Crippen LogP contribution in [0.5, 0.6) is 0 Å². The van der Waals surface area contributed by atoms with Crippen LogP contribution >= 0.6 is 0 Å².